The molecule has 1 aliphatic heterocycles. The standard InChI is InChI=1S/C27H35N3O5/c1-22-4-7-24(8-5-22)35-20-27(31)18-30(13-15-33-19-27)17-23-6-9-25(26(16-23)32-2)34-14-3-11-29-12-10-28-21-29/h4-10,12,16,21,31H,3,11,13-15,17-20H2,1-2H3. The van der Waals surface area contributed by atoms with Crippen molar-refractivity contribution in [3.05, 3.63) is 72.3 Å². The zero-order chi connectivity index (χ0) is 24.5. The normalized spacial score (nSPS) is 18.7. The van der Waals surface area contributed by atoms with Crippen molar-refractivity contribution in [2.45, 2.75) is 32.0 Å². The van der Waals surface area contributed by atoms with E-state index in [2.05, 4.69) is 9.88 Å². The number of hydrogen-bond donors (Lipinski definition) is 1. The van der Waals surface area contributed by atoms with E-state index in [1.54, 1.807) is 19.6 Å². The third-order valence-electron chi connectivity index (χ3n) is 5.98. The van der Waals surface area contributed by atoms with Crippen LogP contribution in [-0.2, 0) is 17.8 Å². The maximum atomic E-state index is 11.2. The average molecular weight is 482 g/mol. The highest BCUT2D eigenvalue weighted by atomic mass is 16.5. The molecule has 188 valence electrons. The Morgan fingerprint density at radius 2 is 1.97 bits per heavy atom. The Morgan fingerprint density at radius 1 is 1.11 bits per heavy atom. The van der Waals surface area contributed by atoms with Gasteiger partial charge < -0.3 is 28.6 Å². The number of imidazole rings is 1. The van der Waals surface area contributed by atoms with Gasteiger partial charge >= 0.3 is 0 Å². The van der Waals surface area contributed by atoms with Crippen LogP contribution in [0.3, 0.4) is 0 Å². The van der Waals surface area contributed by atoms with Crippen molar-refractivity contribution in [1.29, 1.82) is 0 Å². The monoisotopic (exact) mass is 481 g/mol. The van der Waals surface area contributed by atoms with Crippen molar-refractivity contribution in [1.82, 2.24) is 14.5 Å². The Labute approximate surface area is 207 Å². The molecule has 1 aromatic heterocycles. The van der Waals surface area contributed by atoms with Crippen LogP contribution in [0.1, 0.15) is 17.5 Å². The topological polar surface area (TPSA) is 78.2 Å². The van der Waals surface area contributed by atoms with Crippen LogP contribution in [0.25, 0.3) is 0 Å². The molecule has 3 aromatic rings. The lowest BCUT2D eigenvalue weighted by molar-refractivity contribution is -0.0646. The summed E-state index contributed by atoms with van der Waals surface area (Å²) in [6, 6.07) is 13.8. The molecule has 1 saturated heterocycles. The van der Waals surface area contributed by atoms with Gasteiger partial charge in [-0.1, -0.05) is 23.8 Å². The van der Waals surface area contributed by atoms with E-state index in [9.17, 15) is 5.11 Å². The van der Waals surface area contributed by atoms with Crippen molar-refractivity contribution in [3.8, 4) is 17.2 Å². The minimum absolute atomic E-state index is 0.168. The molecule has 0 aliphatic carbocycles. The Hall–Kier alpha value is -3.07. The summed E-state index contributed by atoms with van der Waals surface area (Å²) in [4.78, 5) is 6.24. The van der Waals surface area contributed by atoms with Crippen LogP contribution in [-0.4, -0.2) is 71.8 Å². The molecule has 0 saturated carbocycles. The van der Waals surface area contributed by atoms with Crippen molar-refractivity contribution in [2.75, 3.05) is 46.6 Å². The first-order valence-electron chi connectivity index (χ1n) is 12.0. The van der Waals surface area contributed by atoms with Gasteiger partial charge in [-0.2, -0.15) is 0 Å². The van der Waals surface area contributed by atoms with Crippen LogP contribution >= 0.6 is 0 Å². The van der Waals surface area contributed by atoms with Crippen molar-refractivity contribution in [2.24, 2.45) is 0 Å². The molecule has 0 amide bonds. The molecule has 1 unspecified atom stereocenters. The Kier molecular flexibility index (Phi) is 8.63. The maximum absolute atomic E-state index is 11.2. The lowest BCUT2D eigenvalue weighted by atomic mass is 10.1. The van der Waals surface area contributed by atoms with E-state index in [1.807, 2.05) is 60.2 Å². The first-order valence-corrected chi connectivity index (χ1v) is 12.0. The molecule has 0 bridgehead atoms. The van der Waals surface area contributed by atoms with Crippen molar-refractivity contribution >= 4 is 0 Å². The predicted molar refractivity (Wildman–Crippen MR) is 133 cm³/mol. The number of aliphatic hydroxyl groups is 1. The van der Waals surface area contributed by atoms with E-state index in [0.717, 1.165) is 36.6 Å². The predicted octanol–water partition coefficient (Wildman–Crippen LogP) is 3.31. The third-order valence-corrected chi connectivity index (χ3v) is 5.98. The number of nitrogens with zero attached hydrogens (tertiary/aromatic N) is 3. The number of benzene rings is 2. The number of methoxy groups -OCH3 is 1. The zero-order valence-electron chi connectivity index (χ0n) is 20.6. The fourth-order valence-corrected chi connectivity index (χ4v) is 4.11. The molecule has 0 radical (unpaired) electrons. The summed E-state index contributed by atoms with van der Waals surface area (Å²) in [6.45, 7) is 6.28. The SMILES string of the molecule is COc1cc(CN2CCOCC(O)(COc3ccc(C)cc3)C2)ccc1OCCCn1ccnc1. The minimum atomic E-state index is -1.09. The zero-order valence-corrected chi connectivity index (χ0v) is 20.6. The number of hydrogen-bond acceptors (Lipinski definition) is 7. The maximum Gasteiger partial charge on any atom is 0.161 e. The summed E-state index contributed by atoms with van der Waals surface area (Å²) in [6.07, 6.45) is 6.40. The van der Waals surface area contributed by atoms with E-state index >= 15 is 0 Å². The number of β-amino-alcohol motifs (C(OH)–C–C–N with tert-alkyl or cyclic N) is 1. The molecule has 1 aliphatic rings. The highest BCUT2D eigenvalue weighted by molar-refractivity contribution is 5.43. The molecule has 1 N–H and O–H groups in total. The number of aromatic nitrogens is 2. The summed E-state index contributed by atoms with van der Waals surface area (Å²) >= 11 is 0. The molecule has 1 fully saturated rings. The van der Waals surface area contributed by atoms with Crippen LogP contribution in [0.2, 0.25) is 0 Å². The molecule has 0 spiro atoms. The summed E-state index contributed by atoms with van der Waals surface area (Å²) in [5.41, 5.74) is 1.15. The van der Waals surface area contributed by atoms with Gasteiger partial charge in [0.1, 0.15) is 18.0 Å². The van der Waals surface area contributed by atoms with Gasteiger partial charge in [0, 0.05) is 38.6 Å². The average Bonchev–Trinajstić information content (AvgIpc) is 3.31. The Bertz CT molecular complexity index is 1040. The van der Waals surface area contributed by atoms with Gasteiger partial charge in [-0.3, -0.25) is 4.90 Å². The van der Waals surface area contributed by atoms with Crippen molar-refractivity contribution < 1.29 is 24.1 Å². The van der Waals surface area contributed by atoms with Crippen LogP contribution in [0.4, 0.5) is 0 Å². The Balaban J connectivity index is 1.32. The van der Waals surface area contributed by atoms with Gasteiger partial charge in [-0.15, -0.1) is 0 Å². The summed E-state index contributed by atoms with van der Waals surface area (Å²) in [7, 11) is 1.65. The molecule has 1 atom stereocenters. The second kappa shape index (κ2) is 12.1. The molecule has 35 heavy (non-hydrogen) atoms. The summed E-state index contributed by atoms with van der Waals surface area (Å²) in [5.74, 6) is 2.17. The first kappa shape index (κ1) is 25.0. The van der Waals surface area contributed by atoms with E-state index in [4.69, 9.17) is 18.9 Å². The molecule has 8 nitrogen and oxygen atoms in total. The van der Waals surface area contributed by atoms with E-state index in [-0.39, 0.29) is 13.2 Å². The Morgan fingerprint density at radius 3 is 2.74 bits per heavy atom. The highest BCUT2D eigenvalue weighted by Gasteiger charge is 2.33. The number of rotatable bonds is 11. The smallest absolute Gasteiger partial charge is 0.161 e. The fourth-order valence-electron chi connectivity index (χ4n) is 4.11. The van der Waals surface area contributed by atoms with Crippen LogP contribution in [0, 0.1) is 6.92 Å². The van der Waals surface area contributed by atoms with Gasteiger partial charge in [-0.25, -0.2) is 4.98 Å². The molecule has 4 rings (SSSR count). The van der Waals surface area contributed by atoms with Crippen LogP contribution < -0.4 is 14.2 Å². The van der Waals surface area contributed by atoms with Gasteiger partial charge in [0.15, 0.2) is 11.5 Å². The lowest BCUT2D eigenvalue weighted by Crippen LogP contribution is -2.48. The molecule has 8 heteroatoms. The molecule has 2 heterocycles. The van der Waals surface area contributed by atoms with Crippen LogP contribution in [0.15, 0.2) is 61.2 Å². The highest BCUT2D eigenvalue weighted by Crippen LogP contribution is 2.29. The minimum Gasteiger partial charge on any atom is -0.493 e. The van der Waals surface area contributed by atoms with E-state index < -0.39 is 5.60 Å². The molecule has 2 aromatic carbocycles. The third kappa shape index (κ3) is 7.45. The second-order valence-electron chi connectivity index (χ2n) is 9.08. The number of aryl methyl sites for hydroxylation is 2. The molecular formula is C27H35N3O5. The summed E-state index contributed by atoms with van der Waals surface area (Å²) in [5, 5.41) is 11.2. The quantitative estimate of drug-likeness (QED) is 0.421. The summed E-state index contributed by atoms with van der Waals surface area (Å²) < 4.78 is 25.2. The van der Waals surface area contributed by atoms with Gasteiger partial charge in [-0.05, 0) is 43.2 Å². The van der Waals surface area contributed by atoms with E-state index in [0.29, 0.717) is 32.1 Å². The fraction of sp³-hybridized carbons (Fsp3) is 0.444. The van der Waals surface area contributed by atoms with E-state index in [1.165, 1.54) is 5.56 Å². The van der Waals surface area contributed by atoms with Crippen molar-refractivity contribution in [3.63, 3.8) is 0 Å². The number of ether oxygens (including phenoxy) is 4. The first-order chi connectivity index (χ1) is 17.0. The van der Waals surface area contributed by atoms with Crippen LogP contribution in [0.5, 0.6) is 17.2 Å². The largest absolute Gasteiger partial charge is 0.493 e. The molecular weight excluding hydrogens is 446 g/mol. The van der Waals surface area contributed by atoms with Gasteiger partial charge in [0.05, 0.1) is 33.3 Å². The van der Waals surface area contributed by atoms with Gasteiger partial charge in [0.2, 0.25) is 0 Å². The lowest BCUT2D eigenvalue weighted by Gasteiger charge is -2.30. The van der Waals surface area contributed by atoms with Gasteiger partial charge in [0.25, 0.3) is 0 Å². The second-order valence-corrected chi connectivity index (χ2v) is 9.08.